The molecular weight excluding hydrogens is 214 g/mol. The molecule has 0 aliphatic carbocycles. The Morgan fingerprint density at radius 3 is 3.07 bits per heavy atom. The molecule has 0 radical (unpaired) electrons. The summed E-state index contributed by atoms with van der Waals surface area (Å²) in [6, 6.07) is 5.51. The topological polar surface area (TPSA) is 41.5 Å². The number of likely N-dealkylation sites (N-methyl/N-ethyl adjacent to an activating group) is 1. The molecule has 0 amide bonds. The van der Waals surface area contributed by atoms with Crippen molar-refractivity contribution in [2.75, 3.05) is 13.7 Å². The van der Waals surface area contributed by atoms with E-state index >= 15 is 0 Å². The molecule has 1 heterocycles. The summed E-state index contributed by atoms with van der Waals surface area (Å²) in [5.41, 5.74) is 0.778. The normalized spacial score (nSPS) is 25.3. The Kier molecular flexibility index (Phi) is 3.14. The van der Waals surface area contributed by atoms with Gasteiger partial charge in [0.25, 0.3) is 0 Å². The van der Waals surface area contributed by atoms with Crippen molar-refractivity contribution in [3.8, 4) is 5.75 Å². The van der Waals surface area contributed by atoms with Crippen LogP contribution in [0.1, 0.15) is 18.1 Å². The van der Waals surface area contributed by atoms with Crippen LogP contribution < -0.4 is 10.1 Å². The Labute approximate surface area is 94.0 Å². The number of nitrogens with one attached hydrogen (secondary N) is 1. The van der Waals surface area contributed by atoms with Crippen molar-refractivity contribution >= 4 is 11.6 Å². The van der Waals surface area contributed by atoms with Crippen molar-refractivity contribution in [3.05, 3.63) is 28.8 Å². The molecule has 2 N–H and O–H groups in total. The first-order valence-electron chi connectivity index (χ1n) is 4.98. The van der Waals surface area contributed by atoms with E-state index in [-0.39, 0.29) is 6.04 Å². The van der Waals surface area contributed by atoms with Crippen molar-refractivity contribution in [2.45, 2.75) is 18.6 Å². The van der Waals surface area contributed by atoms with Gasteiger partial charge in [-0.1, -0.05) is 11.6 Å². The molecule has 2 atom stereocenters. The third-order valence-corrected chi connectivity index (χ3v) is 2.92. The van der Waals surface area contributed by atoms with Crippen LogP contribution in [0.5, 0.6) is 5.75 Å². The van der Waals surface area contributed by atoms with Gasteiger partial charge < -0.3 is 15.2 Å². The molecular formula is C11H14ClNO2. The van der Waals surface area contributed by atoms with Crippen molar-refractivity contribution in [1.29, 1.82) is 0 Å². The fraction of sp³-hybridized carbons (Fsp3) is 0.455. The first kappa shape index (κ1) is 10.7. The SMILES string of the molecule is CN[C@@H]1COc2ccc(Cl)cc2[C@H](O)C1. The molecule has 0 unspecified atom stereocenters. The lowest BCUT2D eigenvalue weighted by molar-refractivity contribution is 0.153. The van der Waals surface area contributed by atoms with Gasteiger partial charge in [0.05, 0.1) is 6.10 Å². The Hall–Kier alpha value is -0.770. The first-order valence-corrected chi connectivity index (χ1v) is 5.36. The predicted octanol–water partition coefficient (Wildman–Crippen LogP) is 1.74. The summed E-state index contributed by atoms with van der Waals surface area (Å²) in [7, 11) is 1.86. The fourth-order valence-corrected chi connectivity index (χ4v) is 1.95. The second-order valence-corrected chi connectivity index (χ2v) is 4.17. The lowest BCUT2D eigenvalue weighted by Crippen LogP contribution is -2.31. The van der Waals surface area contributed by atoms with E-state index in [0.717, 1.165) is 11.3 Å². The van der Waals surface area contributed by atoms with E-state index in [0.29, 0.717) is 18.1 Å². The van der Waals surface area contributed by atoms with Gasteiger partial charge in [0, 0.05) is 16.6 Å². The van der Waals surface area contributed by atoms with Crippen LogP contribution in [-0.2, 0) is 0 Å². The summed E-state index contributed by atoms with van der Waals surface area (Å²) in [5.74, 6) is 0.727. The Morgan fingerprint density at radius 1 is 1.53 bits per heavy atom. The van der Waals surface area contributed by atoms with Crippen LogP contribution in [0.15, 0.2) is 18.2 Å². The molecule has 0 aromatic heterocycles. The highest BCUT2D eigenvalue weighted by Crippen LogP contribution is 2.33. The van der Waals surface area contributed by atoms with Crippen molar-refractivity contribution in [2.24, 2.45) is 0 Å². The van der Waals surface area contributed by atoms with Gasteiger partial charge in [-0.3, -0.25) is 0 Å². The number of aliphatic hydroxyl groups excluding tert-OH is 1. The van der Waals surface area contributed by atoms with Crippen LogP contribution in [0.2, 0.25) is 5.02 Å². The Balaban J connectivity index is 2.31. The van der Waals surface area contributed by atoms with E-state index < -0.39 is 6.10 Å². The number of hydrogen-bond acceptors (Lipinski definition) is 3. The third-order valence-electron chi connectivity index (χ3n) is 2.69. The second-order valence-electron chi connectivity index (χ2n) is 3.73. The van der Waals surface area contributed by atoms with Crippen LogP contribution in [-0.4, -0.2) is 24.8 Å². The summed E-state index contributed by atoms with van der Waals surface area (Å²) < 4.78 is 5.60. The molecule has 1 aromatic rings. The predicted molar refractivity (Wildman–Crippen MR) is 59.4 cm³/mol. The molecule has 0 saturated heterocycles. The molecule has 4 heteroatoms. The molecule has 3 nitrogen and oxygen atoms in total. The largest absolute Gasteiger partial charge is 0.492 e. The van der Waals surface area contributed by atoms with E-state index in [1.54, 1.807) is 18.2 Å². The summed E-state index contributed by atoms with van der Waals surface area (Å²) in [6.07, 6.45) is 0.128. The third kappa shape index (κ3) is 2.25. The van der Waals surface area contributed by atoms with Gasteiger partial charge in [0.1, 0.15) is 12.4 Å². The van der Waals surface area contributed by atoms with E-state index in [1.165, 1.54) is 0 Å². The molecule has 1 aliphatic rings. The quantitative estimate of drug-likeness (QED) is 0.768. The van der Waals surface area contributed by atoms with Crippen LogP contribution in [0.3, 0.4) is 0 Å². The fourth-order valence-electron chi connectivity index (χ4n) is 1.77. The maximum atomic E-state index is 9.99. The smallest absolute Gasteiger partial charge is 0.125 e. The molecule has 15 heavy (non-hydrogen) atoms. The minimum Gasteiger partial charge on any atom is -0.492 e. The van der Waals surface area contributed by atoms with Crippen molar-refractivity contribution in [3.63, 3.8) is 0 Å². The molecule has 1 aromatic carbocycles. The number of ether oxygens (including phenoxy) is 1. The minimum absolute atomic E-state index is 0.172. The highest BCUT2D eigenvalue weighted by molar-refractivity contribution is 6.30. The first-order chi connectivity index (χ1) is 7.20. The van der Waals surface area contributed by atoms with Gasteiger partial charge >= 0.3 is 0 Å². The van der Waals surface area contributed by atoms with Crippen LogP contribution in [0, 0.1) is 0 Å². The van der Waals surface area contributed by atoms with E-state index in [2.05, 4.69) is 5.32 Å². The molecule has 0 spiro atoms. The monoisotopic (exact) mass is 227 g/mol. The molecule has 2 rings (SSSR count). The van der Waals surface area contributed by atoms with Crippen molar-refractivity contribution in [1.82, 2.24) is 5.32 Å². The number of hydrogen-bond donors (Lipinski definition) is 2. The molecule has 0 saturated carbocycles. The van der Waals surface area contributed by atoms with Crippen LogP contribution in [0.25, 0.3) is 0 Å². The van der Waals surface area contributed by atoms with E-state index in [1.807, 2.05) is 7.05 Å². The van der Waals surface area contributed by atoms with Crippen LogP contribution >= 0.6 is 11.6 Å². The van der Waals surface area contributed by atoms with E-state index in [9.17, 15) is 5.11 Å². The zero-order valence-corrected chi connectivity index (χ0v) is 9.29. The summed E-state index contributed by atoms with van der Waals surface area (Å²) in [4.78, 5) is 0. The zero-order valence-electron chi connectivity index (χ0n) is 8.53. The van der Waals surface area contributed by atoms with Gasteiger partial charge in [-0.25, -0.2) is 0 Å². The van der Waals surface area contributed by atoms with Gasteiger partial charge in [-0.05, 0) is 31.7 Å². The lowest BCUT2D eigenvalue weighted by Gasteiger charge is -2.14. The summed E-state index contributed by atoms with van der Waals surface area (Å²) >= 11 is 5.88. The molecule has 0 bridgehead atoms. The highest BCUT2D eigenvalue weighted by atomic mass is 35.5. The zero-order chi connectivity index (χ0) is 10.8. The number of halogens is 1. The van der Waals surface area contributed by atoms with Crippen molar-refractivity contribution < 1.29 is 9.84 Å². The summed E-state index contributed by atoms with van der Waals surface area (Å²) in [5, 5.41) is 13.7. The highest BCUT2D eigenvalue weighted by Gasteiger charge is 2.23. The van der Waals surface area contributed by atoms with E-state index in [4.69, 9.17) is 16.3 Å². The number of benzene rings is 1. The van der Waals surface area contributed by atoms with Crippen LogP contribution in [0.4, 0.5) is 0 Å². The van der Waals surface area contributed by atoms with Gasteiger partial charge in [-0.2, -0.15) is 0 Å². The molecule has 1 aliphatic heterocycles. The standard InChI is InChI=1S/C11H14ClNO2/c1-13-8-5-10(14)9-4-7(12)2-3-11(9)15-6-8/h2-4,8,10,13-14H,5-6H2,1H3/t8-,10+/m0/s1. The Bertz CT molecular complexity index is 356. The van der Waals surface area contributed by atoms with Gasteiger partial charge in [0.2, 0.25) is 0 Å². The number of fused-ring (bicyclic) bond motifs is 1. The van der Waals surface area contributed by atoms with Gasteiger partial charge in [0.15, 0.2) is 0 Å². The summed E-state index contributed by atoms with van der Waals surface area (Å²) in [6.45, 7) is 0.572. The molecule has 0 fully saturated rings. The van der Waals surface area contributed by atoms with Gasteiger partial charge in [-0.15, -0.1) is 0 Å². The average molecular weight is 228 g/mol. The Morgan fingerprint density at radius 2 is 2.33 bits per heavy atom. The maximum absolute atomic E-state index is 9.99. The minimum atomic E-state index is -0.515. The second kappa shape index (κ2) is 4.39. The molecule has 82 valence electrons. The lowest BCUT2D eigenvalue weighted by atomic mass is 10.0. The number of aliphatic hydroxyl groups is 1. The maximum Gasteiger partial charge on any atom is 0.125 e. The number of rotatable bonds is 1. The average Bonchev–Trinajstić information content (AvgIpc) is 2.39.